The lowest BCUT2D eigenvalue weighted by Crippen LogP contribution is -2.51. The van der Waals surface area contributed by atoms with Crippen LogP contribution in [0.25, 0.3) is 0 Å². The fourth-order valence-corrected chi connectivity index (χ4v) is 10.7. The van der Waals surface area contributed by atoms with Crippen LogP contribution in [0.5, 0.6) is 23.0 Å². The van der Waals surface area contributed by atoms with Gasteiger partial charge in [-0.2, -0.15) is 0 Å². The summed E-state index contributed by atoms with van der Waals surface area (Å²) in [4.78, 5) is 0. The predicted octanol–water partition coefficient (Wildman–Crippen LogP) is 5.37. The summed E-state index contributed by atoms with van der Waals surface area (Å²) >= 11 is 0. The van der Waals surface area contributed by atoms with Crippen LogP contribution in [-0.2, 0) is 9.13 Å². The zero-order valence-corrected chi connectivity index (χ0v) is 27.4. The van der Waals surface area contributed by atoms with Crippen LogP contribution in [0.15, 0.2) is 97.1 Å². The predicted molar refractivity (Wildman–Crippen MR) is 178 cm³/mol. The first-order valence-corrected chi connectivity index (χ1v) is 18.1. The number of methoxy groups -OCH3 is 4. The van der Waals surface area contributed by atoms with E-state index in [1.807, 2.05) is 97.1 Å². The summed E-state index contributed by atoms with van der Waals surface area (Å²) in [6, 6.07) is 29.0. The Balaban J connectivity index is 1.53. The van der Waals surface area contributed by atoms with Gasteiger partial charge in [0.15, 0.2) is 0 Å². The summed E-state index contributed by atoms with van der Waals surface area (Å²) < 4.78 is 51.8. The number of rotatable bonds is 12. The van der Waals surface area contributed by atoms with Gasteiger partial charge in [-0.05, 0) is 110 Å². The maximum absolute atomic E-state index is 15.2. The molecule has 232 valence electrons. The smallest absolute Gasteiger partial charge is 0.204 e. The largest absolute Gasteiger partial charge is 0.497 e. The normalized spacial score (nSPS) is 17.1. The molecular formula is C34H40N2O6P2. The molecule has 0 aliphatic heterocycles. The third kappa shape index (κ3) is 6.74. The third-order valence-corrected chi connectivity index (χ3v) is 13.7. The van der Waals surface area contributed by atoms with E-state index < -0.39 is 14.6 Å². The molecule has 1 aliphatic carbocycles. The van der Waals surface area contributed by atoms with Crippen molar-refractivity contribution in [3.05, 3.63) is 97.1 Å². The van der Waals surface area contributed by atoms with E-state index >= 15 is 9.13 Å². The lowest BCUT2D eigenvalue weighted by molar-refractivity contribution is 0.342. The highest BCUT2D eigenvalue weighted by atomic mass is 31.2. The van der Waals surface area contributed by atoms with E-state index in [2.05, 4.69) is 10.2 Å². The minimum atomic E-state index is -3.35. The van der Waals surface area contributed by atoms with Gasteiger partial charge in [-0.25, -0.2) is 0 Å². The number of hydrogen-bond acceptors (Lipinski definition) is 6. The van der Waals surface area contributed by atoms with E-state index in [-0.39, 0.29) is 12.1 Å². The van der Waals surface area contributed by atoms with E-state index in [1.54, 1.807) is 28.4 Å². The van der Waals surface area contributed by atoms with Crippen molar-refractivity contribution in [2.24, 2.45) is 0 Å². The van der Waals surface area contributed by atoms with Crippen molar-refractivity contribution in [3.63, 3.8) is 0 Å². The highest BCUT2D eigenvalue weighted by Crippen LogP contribution is 2.45. The Bertz CT molecular complexity index is 1380. The van der Waals surface area contributed by atoms with Crippen molar-refractivity contribution in [1.82, 2.24) is 10.2 Å². The highest BCUT2D eigenvalue weighted by molar-refractivity contribution is 7.77. The van der Waals surface area contributed by atoms with Crippen molar-refractivity contribution in [1.29, 1.82) is 0 Å². The molecule has 0 saturated heterocycles. The molecule has 0 heterocycles. The molecule has 1 aliphatic rings. The Hall–Kier alpha value is -3.54. The van der Waals surface area contributed by atoms with Crippen LogP contribution in [0.4, 0.5) is 0 Å². The SMILES string of the molecule is COc1ccc(P(=O)(N[C@@H]2CCCC[C@H]2NP(=O)(c2ccc(OC)cc2)c2ccc(OC)cc2)c2ccc(OC)cc2)cc1. The standard InChI is InChI=1S/C34H40N2O6P2/c1-39-25-9-17-29(18-10-25)43(37,30-19-11-26(40-2)12-20-30)35-33-7-5-6-8-34(33)36-44(38,31-21-13-27(41-3)14-22-31)32-23-15-28(42-4)16-24-32/h9-24,33-34H,5-8H2,1-4H3,(H,35,37)(H,36,38)/t33-,34-/m1/s1. The van der Waals surface area contributed by atoms with Crippen LogP contribution in [0.2, 0.25) is 0 Å². The van der Waals surface area contributed by atoms with E-state index in [0.717, 1.165) is 25.7 Å². The lowest BCUT2D eigenvalue weighted by Gasteiger charge is -2.38. The Morgan fingerprint density at radius 1 is 0.455 bits per heavy atom. The van der Waals surface area contributed by atoms with Gasteiger partial charge < -0.3 is 18.9 Å². The van der Waals surface area contributed by atoms with E-state index in [0.29, 0.717) is 44.2 Å². The molecule has 4 aromatic rings. The Morgan fingerprint density at radius 3 is 0.886 bits per heavy atom. The monoisotopic (exact) mass is 634 g/mol. The fraction of sp³-hybridized carbons (Fsp3) is 0.294. The molecule has 44 heavy (non-hydrogen) atoms. The molecule has 0 spiro atoms. The van der Waals surface area contributed by atoms with E-state index in [9.17, 15) is 0 Å². The maximum Gasteiger partial charge on any atom is 0.204 e. The second kappa shape index (κ2) is 14.0. The van der Waals surface area contributed by atoms with Gasteiger partial charge in [-0.1, -0.05) is 12.8 Å². The lowest BCUT2D eigenvalue weighted by atomic mass is 9.92. The molecule has 4 aromatic carbocycles. The summed E-state index contributed by atoms with van der Waals surface area (Å²) in [7, 11) is -0.252. The number of benzene rings is 4. The zero-order chi connectivity index (χ0) is 31.2. The van der Waals surface area contributed by atoms with Crippen molar-refractivity contribution < 1.29 is 28.1 Å². The molecule has 1 fully saturated rings. The molecular weight excluding hydrogens is 594 g/mol. The Morgan fingerprint density at radius 2 is 0.682 bits per heavy atom. The first-order valence-electron chi connectivity index (χ1n) is 14.7. The van der Waals surface area contributed by atoms with Crippen molar-refractivity contribution >= 4 is 35.8 Å². The molecule has 0 unspecified atom stereocenters. The van der Waals surface area contributed by atoms with Gasteiger partial charge in [0.05, 0.1) is 28.4 Å². The topological polar surface area (TPSA) is 95.1 Å². The summed E-state index contributed by atoms with van der Waals surface area (Å²) in [5.41, 5.74) is 0. The summed E-state index contributed by atoms with van der Waals surface area (Å²) in [6.07, 6.45) is 3.49. The van der Waals surface area contributed by atoms with E-state index in [1.165, 1.54) is 0 Å². The highest BCUT2D eigenvalue weighted by Gasteiger charge is 2.39. The minimum absolute atomic E-state index is 0.219. The van der Waals surface area contributed by atoms with Crippen molar-refractivity contribution in [2.75, 3.05) is 28.4 Å². The molecule has 0 radical (unpaired) electrons. The van der Waals surface area contributed by atoms with Crippen LogP contribution in [0.1, 0.15) is 25.7 Å². The van der Waals surface area contributed by atoms with Crippen molar-refractivity contribution in [3.8, 4) is 23.0 Å². The van der Waals surface area contributed by atoms with Gasteiger partial charge in [0.25, 0.3) is 0 Å². The quantitative estimate of drug-likeness (QED) is 0.201. The number of ether oxygens (including phenoxy) is 4. The second-order valence-electron chi connectivity index (χ2n) is 10.8. The molecule has 0 amide bonds. The summed E-state index contributed by atoms with van der Waals surface area (Å²) in [5, 5.41) is 9.88. The van der Waals surface area contributed by atoms with Crippen LogP contribution in [0.3, 0.4) is 0 Å². The summed E-state index contributed by atoms with van der Waals surface area (Å²) in [5.74, 6) is 2.75. The second-order valence-corrected chi connectivity index (χ2v) is 15.8. The summed E-state index contributed by atoms with van der Waals surface area (Å²) in [6.45, 7) is 0. The molecule has 8 nitrogen and oxygen atoms in total. The average molecular weight is 635 g/mol. The average Bonchev–Trinajstić information content (AvgIpc) is 3.09. The van der Waals surface area contributed by atoms with Gasteiger partial charge in [0.1, 0.15) is 23.0 Å². The molecule has 2 atom stereocenters. The van der Waals surface area contributed by atoms with Gasteiger partial charge in [0.2, 0.25) is 14.6 Å². The Labute approximate surface area is 259 Å². The fourth-order valence-electron chi connectivity index (χ4n) is 5.67. The maximum atomic E-state index is 15.2. The van der Waals surface area contributed by atoms with Crippen molar-refractivity contribution in [2.45, 2.75) is 37.8 Å². The van der Waals surface area contributed by atoms with Crippen LogP contribution >= 0.6 is 14.6 Å². The van der Waals surface area contributed by atoms with E-state index in [4.69, 9.17) is 18.9 Å². The minimum Gasteiger partial charge on any atom is -0.497 e. The van der Waals surface area contributed by atoms with Gasteiger partial charge in [-0.3, -0.25) is 19.3 Å². The van der Waals surface area contributed by atoms with Crippen LogP contribution in [0, 0.1) is 0 Å². The Kier molecular flexibility index (Phi) is 10.2. The molecule has 10 heteroatoms. The first-order chi connectivity index (χ1) is 21.3. The van der Waals surface area contributed by atoms with Gasteiger partial charge in [-0.15, -0.1) is 0 Å². The zero-order valence-electron chi connectivity index (χ0n) is 25.6. The molecule has 1 saturated carbocycles. The van der Waals surface area contributed by atoms with Crippen LogP contribution in [-0.4, -0.2) is 40.5 Å². The van der Waals surface area contributed by atoms with Gasteiger partial charge in [0, 0.05) is 33.3 Å². The first kappa shape index (κ1) is 31.9. The van der Waals surface area contributed by atoms with Crippen LogP contribution < -0.4 is 50.3 Å². The van der Waals surface area contributed by atoms with Gasteiger partial charge >= 0.3 is 0 Å². The molecule has 2 N–H and O–H groups in total. The molecule has 0 bridgehead atoms. The molecule has 0 aromatic heterocycles. The number of nitrogens with one attached hydrogen (secondary N) is 2. The molecule has 5 rings (SSSR count). The number of hydrogen-bond donors (Lipinski definition) is 2. The third-order valence-electron chi connectivity index (χ3n) is 8.21.